The normalized spacial score (nSPS) is 12.8. The third-order valence-corrected chi connectivity index (χ3v) is 3.78. The van der Waals surface area contributed by atoms with Crippen molar-refractivity contribution in [2.75, 3.05) is 18.4 Å². The van der Waals surface area contributed by atoms with Crippen molar-refractivity contribution in [3.8, 4) is 0 Å². The van der Waals surface area contributed by atoms with Gasteiger partial charge in [-0.1, -0.05) is 19.1 Å². The van der Waals surface area contributed by atoms with Gasteiger partial charge < -0.3 is 11.1 Å². The molecule has 1 unspecified atom stereocenters. The molecule has 1 heterocycles. The molecule has 0 aliphatic rings. The van der Waals surface area contributed by atoms with Crippen molar-refractivity contribution in [2.24, 2.45) is 11.7 Å². The maximum absolute atomic E-state index is 5.59. The van der Waals surface area contributed by atoms with Crippen LogP contribution < -0.4 is 11.1 Å². The molecule has 3 nitrogen and oxygen atoms in total. The number of nitrogens with two attached hydrogens (primary N) is 1. The fraction of sp³-hybridized carbons (Fsp3) is 0.462. The van der Waals surface area contributed by atoms with E-state index in [4.69, 9.17) is 5.73 Å². The van der Waals surface area contributed by atoms with Gasteiger partial charge in [0, 0.05) is 11.9 Å². The van der Waals surface area contributed by atoms with Crippen molar-refractivity contribution in [1.29, 1.82) is 0 Å². The molecule has 0 spiro atoms. The van der Waals surface area contributed by atoms with Crippen molar-refractivity contribution in [2.45, 2.75) is 19.8 Å². The summed E-state index contributed by atoms with van der Waals surface area (Å²) >= 11 is 1.54. The van der Waals surface area contributed by atoms with Gasteiger partial charge in [-0.15, -0.1) is 0 Å². The van der Waals surface area contributed by atoms with E-state index in [1.807, 2.05) is 12.1 Å². The Balaban J connectivity index is 1.87. The minimum absolute atomic E-state index is 0.620. The standard InChI is InChI=1S/C13H19N3S/c1-10(9-14)5-4-8-15-13-11-6-2-3-7-12(11)16-17-13/h2-3,6-7,10,15H,4-5,8-9,14H2,1H3. The average molecular weight is 249 g/mol. The highest BCUT2D eigenvalue weighted by atomic mass is 32.1. The Kier molecular flexibility index (Phi) is 4.34. The molecule has 92 valence electrons. The van der Waals surface area contributed by atoms with Crippen LogP contribution in [-0.4, -0.2) is 17.5 Å². The van der Waals surface area contributed by atoms with Crippen LogP contribution in [0.4, 0.5) is 5.00 Å². The molecule has 1 atom stereocenters. The molecule has 2 aromatic rings. The Hall–Kier alpha value is -1.13. The lowest BCUT2D eigenvalue weighted by Gasteiger charge is -2.08. The molecule has 2 rings (SSSR count). The maximum atomic E-state index is 5.59. The first-order valence-electron chi connectivity index (χ1n) is 6.09. The number of hydrogen-bond acceptors (Lipinski definition) is 4. The van der Waals surface area contributed by atoms with E-state index >= 15 is 0 Å². The van der Waals surface area contributed by atoms with Crippen molar-refractivity contribution in [3.05, 3.63) is 24.3 Å². The first-order valence-corrected chi connectivity index (χ1v) is 6.87. The van der Waals surface area contributed by atoms with E-state index in [1.165, 1.54) is 16.8 Å². The molecule has 0 aliphatic carbocycles. The zero-order chi connectivity index (χ0) is 12.1. The summed E-state index contributed by atoms with van der Waals surface area (Å²) in [6.07, 6.45) is 2.34. The largest absolute Gasteiger partial charge is 0.375 e. The van der Waals surface area contributed by atoms with Gasteiger partial charge in [-0.3, -0.25) is 0 Å². The Labute approximate surface area is 106 Å². The van der Waals surface area contributed by atoms with Crippen LogP contribution in [0.15, 0.2) is 24.3 Å². The van der Waals surface area contributed by atoms with Gasteiger partial charge in [0.15, 0.2) is 0 Å². The molecule has 0 fully saturated rings. The lowest BCUT2D eigenvalue weighted by molar-refractivity contribution is 0.529. The molecule has 0 saturated carbocycles. The monoisotopic (exact) mass is 249 g/mol. The Morgan fingerprint density at radius 2 is 2.24 bits per heavy atom. The van der Waals surface area contributed by atoms with Crippen LogP contribution in [0.1, 0.15) is 19.8 Å². The molecule has 17 heavy (non-hydrogen) atoms. The van der Waals surface area contributed by atoms with Crippen molar-refractivity contribution in [3.63, 3.8) is 0 Å². The van der Waals surface area contributed by atoms with Gasteiger partial charge in [-0.05, 0) is 49.0 Å². The molecule has 0 saturated heterocycles. The van der Waals surface area contributed by atoms with Gasteiger partial charge in [0.05, 0.1) is 5.52 Å². The van der Waals surface area contributed by atoms with E-state index in [0.717, 1.165) is 25.0 Å². The molecule has 0 bridgehead atoms. The summed E-state index contributed by atoms with van der Waals surface area (Å²) in [6.45, 7) is 3.97. The lowest BCUT2D eigenvalue weighted by atomic mass is 10.1. The third kappa shape index (κ3) is 3.17. The molecule has 0 radical (unpaired) electrons. The van der Waals surface area contributed by atoms with Crippen LogP contribution >= 0.6 is 11.5 Å². The summed E-state index contributed by atoms with van der Waals surface area (Å²) in [5, 5.41) is 5.87. The molecule has 3 N–H and O–H groups in total. The molecule has 0 aliphatic heterocycles. The lowest BCUT2D eigenvalue weighted by Crippen LogP contribution is -2.12. The van der Waals surface area contributed by atoms with Crippen LogP contribution in [0.5, 0.6) is 0 Å². The summed E-state index contributed by atoms with van der Waals surface area (Å²) in [5.41, 5.74) is 6.67. The second-order valence-electron chi connectivity index (χ2n) is 4.44. The maximum Gasteiger partial charge on any atom is 0.117 e. The zero-order valence-electron chi connectivity index (χ0n) is 10.1. The fourth-order valence-electron chi connectivity index (χ4n) is 1.79. The summed E-state index contributed by atoms with van der Waals surface area (Å²) in [4.78, 5) is 0. The molecule has 1 aromatic heterocycles. The highest BCUT2D eigenvalue weighted by Gasteiger charge is 2.04. The predicted octanol–water partition coefficient (Wildman–Crippen LogP) is 3.08. The number of fused-ring (bicyclic) bond motifs is 1. The number of nitrogens with zero attached hydrogens (tertiary/aromatic N) is 1. The minimum atomic E-state index is 0.620. The van der Waals surface area contributed by atoms with Crippen LogP contribution in [0.25, 0.3) is 10.9 Å². The van der Waals surface area contributed by atoms with E-state index in [-0.39, 0.29) is 0 Å². The van der Waals surface area contributed by atoms with E-state index in [0.29, 0.717) is 5.92 Å². The Morgan fingerprint density at radius 1 is 1.41 bits per heavy atom. The second-order valence-corrected chi connectivity index (χ2v) is 5.21. The van der Waals surface area contributed by atoms with E-state index in [9.17, 15) is 0 Å². The highest BCUT2D eigenvalue weighted by molar-refractivity contribution is 7.11. The number of anilines is 1. The van der Waals surface area contributed by atoms with Gasteiger partial charge in [-0.25, -0.2) is 0 Å². The first-order chi connectivity index (χ1) is 8.31. The van der Waals surface area contributed by atoms with Gasteiger partial charge in [0.1, 0.15) is 5.00 Å². The fourth-order valence-corrected chi connectivity index (χ4v) is 2.57. The van der Waals surface area contributed by atoms with Gasteiger partial charge in [0.25, 0.3) is 0 Å². The van der Waals surface area contributed by atoms with Crippen LogP contribution in [-0.2, 0) is 0 Å². The smallest absolute Gasteiger partial charge is 0.117 e. The zero-order valence-corrected chi connectivity index (χ0v) is 11.0. The van der Waals surface area contributed by atoms with E-state index in [2.05, 4.69) is 28.7 Å². The summed E-state index contributed by atoms with van der Waals surface area (Å²) in [5.74, 6) is 0.620. The third-order valence-electron chi connectivity index (χ3n) is 2.95. The van der Waals surface area contributed by atoms with Crippen LogP contribution in [0.3, 0.4) is 0 Å². The number of rotatable bonds is 6. The minimum Gasteiger partial charge on any atom is -0.375 e. The van der Waals surface area contributed by atoms with E-state index < -0.39 is 0 Å². The molecule has 0 amide bonds. The quantitative estimate of drug-likeness (QED) is 0.774. The Morgan fingerprint density at radius 3 is 3.06 bits per heavy atom. The molecule has 4 heteroatoms. The van der Waals surface area contributed by atoms with E-state index in [1.54, 1.807) is 11.5 Å². The Bertz CT molecular complexity index is 466. The number of nitrogens with one attached hydrogen (secondary N) is 1. The highest BCUT2D eigenvalue weighted by Crippen LogP contribution is 2.27. The molecule has 1 aromatic carbocycles. The summed E-state index contributed by atoms with van der Waals surface area (Å²) < 4.78 is 4.41. The predicted molar refractivity (Wildman–Crippen MR) is 75.6 cm³/mol. The number of hydrogen-bond donors (Lipinski definition) is 2. The summed E-state index contributed by atoms with van der Waals surface area (Å²) in [6, 6.07) is 8.24. The van der Waals surface area contributed by atoms with Gasteiger partial charge >= 0.3 is 0 Å². The number of benzene rings is 1. The van der Waals surface area contributed by atoms with Gasteiger partial charge in [-0.2, -0.15) is 4.37 Å². The average Bonchev–Trinajstić information content (AvgIpc) is 2.78. The topological polar surface area (TPSA) is 50.9 Å². The van der Waals surface area contributed by atoms with Gasteiger partial charge in [0.2, 0.25) is 0 Å². The molecular weight excluding hydrogens is 230 g/mol. The van der Waals surface area contributed by atoms with Crippen LogP contribution in [0, 0.1) is 5.92 Å². The SMILES string of the molecule is CC(CN)CCCNc1snc2ccccc12. The second kappa shape index (κ2) is 5.98. The van der Waals surface area contributed by atoms with Crippen LogP contribution in [0.2, 0.25) is 0 Å². The van der Waals surface area contributed by atoms with Crippen molar-refractivity contribution < 1.29 is 0 Å². The molecular formula is C13H19N3S. The first kappa shape index (κ1) is 12.3. The van der Waals surface area contributed by atoms with Crippen molar-refractivity contribution >= 4 is 27.4 Å². The summed E-state index contributed by atoms with van der Waals surface area (Å²) in [7, 11) is 0. The van der Waals surface area contributed by atoms with Crippen molar-refractivity contribution in [1.82, 2.24) is 4.37 Å². The number of aromatic nitrogens is 1.